The molecule has 0 amide bonds. The molecule has 0 atom stereocenters. The molecule has 1 fully saturated rings. The average Bonchev–Trinajstić information content (AvgIpc) is 2.25. The first-order valence-electron chi connectivity index (χ1n) is 5.89. The number of nitrogens with zero attached hydrogens (tertiary/aromatic N) is 2. The van der Waals surface area contributed by atoms with E-state index in [1.165, 1.54) is 25.8 Å². The second-order valence-electron chi connectivity index (χ2n) is 4.98. The number of alkyl halides is 1. The molecule has 0 aliphatic heterocycles. The van der Waals surface area contributed by atoms with Crippen LogP contribution in [0.3, 0.4) is 0 Å². The molecule has 1 aliphatic carbocycles. The van der Waals surface area contributed by atoms with E-state index in [1.54, 1.807) is 0 Å². The van der Waals surface area contributed by atoms with Crippen molar-refractivity contribution in [1.82, 2.24) is 9.88 Å². The summed E-state index contributed by atoms with van der Waals surface area (Å²) in [6.07, 6.45) is 5.99. The third kappa shape index (κ3) is 2.83. The van der Waals surface area contributed by atoms with Crippen molar-refractivity contribution >= 4 is 15.9 Å². The van der Waals surface area contributed by atoms with E-state index in [2.05, 4.69) is 45.0 Å². The predicted molar refractivity (Wildman–Crippen MR) is 70.6 cm³/mol. The van der Waals surface area contributed by atoms with Gasteiger partial charge in [-0.15, -0.1) is 0 Å². The van der Waals surface area contributed by atoms with Crippen LogP contribution in [0.5, 0.6) is 0 Å². The highest BCUT2D eigenvalue weighted by molar-refractivity contribution is 9.09. The predicted octanol–water partition coefficient (Wildman–Crippen LogP) is 3.08. The van der Waals surface area contributed by atoms with Crippen molar-refractivity contribution < 1.29 is 0 Å². The summed E-state index contributed by atoms with van der Waals surface area (Å²) >= 11 is 3.66. The monoisotopic (exact) mass is 282 g/mol. The van der Waals surface area contributed by atoms with E-state index < -0.39 is 0 Å². The fourth-order valence-corrected chi connectivity index (χ4v) is 3.15. The van der Waals surface area contributed by atoms with Crippen LogP contribution in [0.1, 0.15) is 25.0 Å². The molecule has 1 aromatic heterocycles. The maximum absolute atomic E-state index is 4.37. The summed E-state index contributed by atoms with van der Waals surface area (Å²) in [5.74, 6) is 0. The molecule has 0 bridgehead atoms. The highest BCUT2D eigenvalue weighted by Gasteiger charge is 2.36. The molecule has 2 nitrogen and oxygen atoms in total. The van der Waals surface area contributed by atoms with Crippen molar-refractivity contribution in [2.75, 3.05) is 18.9 Å². The Bertz CT molecular complexity index is 316. The van der Waals surface area contributed by atoms with Gasteiger partial charge in [-0.3, -0.25) is 9.88 Å². The molecule has 16 heavy (non-hydrogen) atoms. The number of hydrogen-bond donors (Lipinski definition) is 0. The van der Waals surface area contributed by atoms with Crippen molar-refractivity contribution in [3.8, 4) is 0 Å². The van der Waals surface area contributed by atoms with Crippen molar-refractivity contribution in [3.63, 3.8) is 0 Å². The molecule has 0 radical (unpaired) electrons. The third-order valence-electron chi connectivity index (χ3n) is 3.46. The number of halogens is 1. The van der Waals surface area contributed by atoms with E-state index in [4.69, 9.17) is 0 Å². The zero-order valence-electron chi connectivity index (χ0n) is 9.82. The van der Waals surface area contributed by atoms with E-state index in [0.717, 1.165) is 17.6 Å². The number of hydrogen-bond acceptors (Lipinski definition) is 2. The van der Waals surface area contributed by atoms with Crippen molar-refractivity contribution in [2.45, 2.75) is 25.8 Å². The molecule has 0 unspecified atom stereocenters. The Kier molecular flexibility index (Phi) is 3.98. The number of rotatable bonds is 5. The third-order valence-corrected chi connectivity index (χ3v) is 4.65. The molecule has 0 spiro atoms. The molecule has 1 heterocycles. The largest absolute Gasteiger partial charge is 0.300 e. The molecular weight excluding hydrogens is 264 g/mol. The van der Waals surface area contributed by atoms with Crippen molar-refractivity contribution in [3.05, 3.63) is 30.1 Å². The Balaban J connectivity index is 1.87. The second kappa shape index (κ2) is 5.28. The summed E-state index contributed by atoms with van der Waals surface area (Å²) in [5.41, 5.74) is 1.69. The van der Waals surface area contributed by atoms with Crippen LogP contribution in [0.2, 0.25) is 0 Å². The van der Waals surface area contributed by atoms with Crippen molar-refractivity contribution in [1.29, 1.82) is 0 Å². The molecular formula is C13H19BrN2. The molecule has 2 rings (SSSR count). The van der Waals surface area contributed by atoms with Gasteiger partial charge in [0, 0.05) is 24.6 Å². The lowest BCUT2D eigenvalue weighted by atomic mass is 9.70. The lowest BCUT2D eigenvalue weighted by molar-refractivity contribution is 0.102. The molecule has 3 heteroatoms. The Morgan fingerprint density at radius 3 is 2.75 bits per heavy atom. The normalized spacial score (nSPS) is 18.4. The van der Waals surface area contributed by atoms with E-state index >= 15 is 0 Å². The van der Waals surface area contributed by atoms with Gasteiger partial charge in [0.05, 0.1) is 5.69 Å². The summed E-state index contributed by atoms with van der Waals surface area (Å²) in [6, 6.07) is 6.12. The molecule has 1 saturated carbocycles. The standard InChI is InChI=1S/C13H19BrN2/c1-16(9-12-5-2-3-8-15-12)11-13(10-14)6-4-7-13/h2-3,5,8H,4,6-7,9-11H2,1H3. The quantitative estimate of drug-likeness (QED) is 0.772. The van der Waals surface area contributed by atoms with Gasteiger partial charge in [-0.1, -0.05) is 28.4 Å². The summed E-state index contributed by atoms with van der Waals surface area (Å²) < 4.78 is 0. The zero-order chi connectivity index (χ0) is 11.4. The maximum Gasteiger partial charge on any atom is 0.0543 e. The first-order valence-corrected chi connectivity index (χ1v) is 7.01. The van der Waals surface area contributed by atoms with Crippen LogP contribution in [0.25, 0.3) is 0 Å². The summed E-state index contributed by atoms with van der Waals surface area (Å²) in [5, 5.41) is 1.13. The SMILES string of the molecule is CN(Cc1ccccn1)CC1(CBr)CCC1. The smallest absolute Gasteiger partial charge is 0.0543 e. The van der Waals surface area contributed by atoms with Crippen LogP contribution in [-0.2, 0) is 6.54 Å². The minimum atomic E-state index is 0.531. The van der Waals surface area contributed by atoms with E-state index in [1.807, 2.05) is 12.3 Å². The minimum Gasteiger partial charge on any atom is -0.300 e. The van der Waals surface area contributed by atoms with Gasteiger partial charge in [-0.05, 0) is 37.4 Å². The first kappa shape index (κ1) is 12.1. The van der Waals surface area contributed by atoms with Gasteiger partial charge in [0.25, 0.3) is 0 Å². The molecule has 0 aromatic carbocycles. The summed E-state index contributed by atoms with van der Waals surface area (Å²) in [6.45, 7) is 2.13. The van der Waals surface area contributed by atoms with Crippen LogP contribution < -0.4 is 0 Å². The first-order chi connectivity index (χ1) is 7.74. The maximum atomic E-state index is 4.37. The fraction of sp³-hybridized carbons (Fsp3) is 0.615. The van der Waals surface area contributed by atoms with E-state index in [-0.39, 0.29) is 0 Å². The van der Waals surface area contributed by atoms with Crippen LogP contribution >= 0.6 is 15.9 Å². The van der Waals surface area contributed by atoms with Gasteiger partial charge in [-0.25, -0.2) is 0 Å². The summed E-state index contributed by atoms with van der Waals surface area (Å²) in [4.78, 5) is 6.76. The van der Waals surface area contributed by atoms with Gasteiger partial charge in [0.2, 0.25) is 0 Å². The van der Waals surface area contributed by atoms with Crippen LogP contribution in [-0.4, -0.2) is 28.8 Å². The van der Waals surface area contributed by atoms with Crippen LogP contribution in [0.4, 0.5) is 0 Å². The Morgan fingerprint density at radius 1 is 1.44 bits per heavy atom. The molecule has 1 aliphatic rings. The number of aromatic nitrogens is 1. The average molecular weight is 283 g/mol. The molecule has 0 N–H and O–H groups in total. The topological polar surface area (TPSA) is 16.1 Å². The van der Waals surface area contributed by atoms with Gasteiger partial charge >= 0.3 is 0 Å². The highest BCUT2D eigenvalue weighted by atomic mass is 79.9. The van der Waals surface area contributed by atoms with Gasteiger partial charge < -0.3 is 0 Å². The molecule has 1 aromatic rings. The van der Waals surface area contributed by atoms with Crippen molar-refractivity contribution in [2.24, 2.45) is 5.41 Å². The minimum absolute atomic E-state index is 0.531. The van der Waals surface area contributed by atoms with Gasteiger partial charge in [0.15, 0.2) is 0 Å². The fourth-order valence-electron chi connectivity index (χ4n) is 2.41. The molecule has 0 saturated heterocycles. The Morgan fingerprint density at radius 2 is 2.25 bits per heavy atom. The second-order valence-corrected chi connectivity index (χ2v) is 5.54. The van der Waals surface area contributed by atoms with Gasteiger partial charge in [-0.2, -0.15) is 0 Å². The van der Waals surface area contributed by atoms with Crippen LogP contribution in [0.15, 0.2) is 24.4 Å². The lowest BCUT2D eigenvalue weighted by Crippen LogP contribution is -2.41. The molecule has 88 valence electrons. The number of pyridine rings is 1. The summed E-state index contributed by atoms with van der Waals surface area (Å²) in [7, 11) is 2.19. The van der Waals surface area contributed by atoms with E-state index in [9.17, 15) is 0 Å². The Labute approximate surface area is 106 Å². The van der Waals surface area contributed by atoms with E-state index in [0.29, 0.717) is 5.41 Å². The lowest BCUT2D eigenvalue weighted by Gasteiger charge is -2.43. The van der Waals surface area contributed by atoms with Gasteiger partial charge in [0.1, 0.15) is 0 Å². The highest BCUT2D eigenvalue weighted by Crippen LogP contribution is 2.42. The van der Waals surface area contributed by atoms with Crippen LogP contribution in [0, 0.1) is 5.41 Å². The Hall–Kier alpha value is -0.410. The zero-order valence-corrected chi connectivity index (χ0v) is 11.4.